The molecule has 1 atom stereocenters. The largest absolute Gasteiger partial charge is 0.378 e. The third-order valence-electron chi connectivity index (χ3n) is 4.84. The van der Waals surface area contributed by atoms with Gasteiger partial charge < -0.3 is 26.6 Å². The second-order valence-corrected chi connectivity index (χ2v) is 7.10. The Labute approximate surface area is 166 Å². The van der Waals surface area contributed by atoms with Crippen molar-refractivity contribution in [1.29, 1.82) is 0 Å². The number of hydrogen-bond acceptors (Lipinski definition) is 7. The normalized spacial score (nSPS) is 15.9. The Morgan fingerprint density at radius 1 is 1.14 bits per heavy atom. The quantitative estimate of drug-likeness (QED) is 0.552. The first-order chi connectivity index (χ1) is 13.4. The molecular formula is C21H29N7. The first kappa shape index (κ1) is 19.5. The summed E-state index contributed by atoms with van der Waals surface area (Å²) in [5, 5.41) is 9.82. The predicted molar refractivity (Wildman–Crippen MR) is 117 cm³/mol. The van der Waals surface area contributed by atoms with E-state index >= 15 is 0 Å². The highest BCUT2D eigenvalue weighted by Gasteiger charge is 2.17. The summed E-state index contributed by atoms with van der Waals surface area (Å²) in [6.07, 6.45) is 3.88. The van der Waals surface area contributed by atoms with Gasteiger partial charge in [-0.25, -0.2) is 9.98 Å². The van der Waals surface area contributed by atoms with Gasteiger partial charge in [0.15, 0.2) is 5.96 Å². The fraction of sp³-hybridized carbons (Fsp3) is 0.333. The smallest absolute Gasteiger partial charge is 0.195 e. The molecule has 0 saturated heterocycles. The summed E-state index contributed by atoms with van der Waals surface area (Å²) >= 11 is 0. The highest BCUT2D eigenvalue weighted by molar-refractivity contribution is 5.81. The number of aromatic nitrogens is 1. The molecule has 2 heterocycles. The van der Waals surface area contributed by atoms with Crippen molar-refractivity contribution in [3.8, 4) is 0 Å². The summed E-state index contributed by atoms with van der Waals surface area (Å²) in [6, 6.07) is 10.2. The number of nitrogens with two attached hydrogens (primary N) is 1. The molecule has 148 valence electrons. The van der Waals surface area contributed by atoms with Gasteiger partial charge in [-0.1, -0.05) is 18.2 Å². The zero-order valence-electron chi connectivity index (χ0n) is 17.0. The zero-order valence-corrected chi connectivity index (χ0v) is 17.0. The topological polar surface area (TPSA) is 90.6 Å². The van der Waals surface area contributed by atoms with E-state index in [0.29, 0.717) is 5.96 Å². The Morgan fingerprint density at radius 2 is 1.93 bits per heavy atom. The molecule has 0 aliphatic carbocycles. The van der Waals surface area contributed by atoms with Crippen LogP contribution in [0.1, 0.15) is 22.7 Å². The van der Waals surface area contributed by atoms with Crippen LogP contribution < -0.4 is 26.6 Å². The maximum Gasteiger partial charge on any atom is 0.195 e. The van der Waals surface area contributed by atoms with Crippen LogP contribution in [-0.4, -0.2) is 38.1 Å². The highest BCUT2D eigenvalue weighted by Crippen LogP contribution is 2.26. The number of nitrogens with one attached hydrogen (secondary N) is 3. The number of nitrogens with zero attached hydrogens (tertiary/aromatic N) is 3. The van der Waals surface area contributed by atoms with Crippen LogP contribution in [0, 0.1) is 13.8 Å². The van der Waals surface area contributed by atoms with Crippen LogP contribution in [0.15, 0.2) is 53.4 Å². The molecule has 1 unspecified atom stereocenters. The Hall–Kier alpha value is -3.22. The van der Waals surface area contributed by atoms with Gasteiger partial charge in [-0.2, -0.15) is 0 Å². The van der Waals surface area contributed by atoms with Gasteiger partial charge in [0, 0.05) is 45.1 Å². The number of rotatable bonds is 7. The van der Waals surface area contributed by atoms with Crippen molar-refractivity contribution in [2.45, 2.75) is 19.9 Å². The Bertz CT molecular complexity index is 886. The summed E-state index contributed by atoms with van der Waals surface area (Å²) < 4.78 is 0. The molecule has 0 radical (unpaired) electrons. The molecule has 5 N–H and O–H groups in total. The van der Waals surface area contributed by atoms with Crippen LogP contribution in [0.3, 0.4) is 0 Å². The molecule has 28 heavy (non-hydrogen) atoms. The van der Waals surface area contributed by atoms with E-state index in [0.717, 1.165) is 30.4 Å². The van der Waals surface area contributed by atoms with E-state index in [2.05, 4.69) is 68.9 Å². The van der Waals surface area contributed by atoms with Crippen LogP contribution >= 0.6 is 0 Å². The van der Waals surface area contributed by atoms with Crippen molar-refractivity contribution in [3.63, 3.8) is 0 Å². The molecular weight excluding hydrogens is 350 g/mol. The van der Waals surface area contributed by atoms with Gasteiger partial charge >= 0.3 is 0 Å². The zero-order chi connectivity index (χ0) is 20.1. The van der Waals surface area contributed by atoms with Gasteiger partial charge in [-0.05, 0) is 42.7 Å². The second-order valence-electron chi connectivity index (χ2n) is 7.10. The predicted octanol–water partition coefficient (Wildman–Crippen LogP) is 2.27. The molecule has 7 heteroatoms. The van der Waals surface area contributed by atoms with E-state index in [-0.39, 0.29) is 6.04 Å². The van der Waals surface area contributed by atoms with Crippen molar-refractivity contribution >= 4 is 17.5 Å². The van der Waals surface area contributed by atoms with Crippen LogP contribution in [0.2, 0.25) is 0 Å². The van der Waals surface area contributed by atoms with Gasteiger partial charge in [-0.15, -0.1) is 0 Å². The average Bonchev–Trinajstić information content (AvgIpc) is 2.67. The summed E-state index contributed by atoms with van der Waals surface area (Å²) in [5.41, 5.74) is 10.8. The van der Waals surface area contributed by atoms with E-state index in [9.17, 15) is 0 Å². The summed E-state index contributed by atoms with van der Waals surface area (Å²) in [7, 11) is 4.03. The van der Waals surface area contributed by atoms with Crippen LogP contribution in [0.5, 0.6) is 0 Å². The monoisotopic (exact) mass is 379 g/mol. The molecule has 3 rings (SSSR count). The molecule has 0 amide bonds. The minimum atomic E-state index is -0.0879. The molecule has 0 saturated carbocycles. The Balaban J connectivity index is 1.59. The molecule has 1 aliphatic rings. The van der Waals surface area contributed by atoms with Gasteiger partial charge in [0.05, 0.1) is 0 Å². The standard InChI is InChI=1S/C21H29N7/c1-14-6-5-7-17(15(14)2)18-13-20(27-21(22)26-18)25-11-10-24-19-12-16(28(3)4)8-9-23-19/h5-9,12-13,18,25H,10-11H2,1-4H3,(H,23,24)(H3,22,26,27). The van der Waals surface area contributed by atoms with E-state index in [1.165, 1.54) is 16.7 Å². The first-order valence-corrected chi connectivity index (χ1v) is 9.43. The van der Waals surface area contributed by atoms with E-state index < -0.39 is 0 Å². The summed E-state index contributed by atoms with van der Waals surface area (Å²) in [5.74, 6) is 2.15. The third-order valence-corrected chi connectivity index (χ3v) is 4.84. The Kier molecular flexibility index (Phi) is 6.03. The molecule has 1 aromatic carbocycles. The Morgan fingerprint density at radius 3 is 2.71 bits per heavy atom. The van der Waals surface area contributed by atoms with Crippen molar-refractivity contribution in [3.05, 3.63) is 65.1 Å². The van der Waals surface area contributed by atoms with Crippen molar-refractivity contribution < 1.29 is 0 Å². The molecule has 2 aromatic rings. The number of aryl methyl sites for hydroxylation is 1. The van der Waals surface area contributed by atoms with Crippen molar-refractivity contribution in [2.75, 3.05) is 37.4 Å². The fourth-order valence-corrected chi connectivity index (χ4v) is 3.10. The number of benzene rings is 1. The van der Waals surface area contributed by atoms with Crippen LogP contribution in [0.25, 0.3) is 0 Å². The van der Waals surface area contributed by atoms with E-state index in [1.807, 2.05) is 32.4 Å². The summed E-state index contributed by atoms with van der Waals surface area (Å²) in [6.45, 7) is 5.69. The number of pyridine rings is 1. The molecule has 0 bridgehead atoms. The maximum absolute atomic E-state index is 6.01. The van der Waals surface area contributed by atoms with Gasteiger partial charge in [-0.3, -0.25) is 0 Å². The van der Waals surface area contributed by atoms with Crippen molar-refractivity contribution in [2.24, 2.45) is 10.7 Å². The molecule has 7 nitrogen and oxygen atoms in total. The maximum atomic E-state index is 6.01. The highest BCUT2D eigenvalue weighted by atomic mass is 15.2. The summed E-state index contributed by atoms with van der Waals surface area (Å²) in [4.78, 5) is 10.9. The second kappa shape index (κ2) is 8.65. The third kappa shape index (κ3) is 4.73. The lowest BCUT2D eigenvalue weighted by molar-refractivity contribution is 0.724. The lowest BCUT2D eigenvalue weighted by atomic mass is 9.97. The number of anilines is 2. The lowest BCUT2D eigenvalue weighted by Crippen LogP contribution is -2.40. The number of hydrogen-bond donors (Lipinski definition) is 4. The van der Waals surface area contributed by atoms with Gasteiger partial charge in [0.2, 0.25) is 0 Å². The SMILES string of the molecule is Cc1cccc(C2C=C(NCCNc3cc(N(C)C)ccn3)NC(N)=N2)c1C. The minimum Gasteiger partial charge on any atom is -0.378 e. The number of aliphatic imine (C=N–C) groups is 1. The number of guanidine groups is 1. The molecule has 0 spiro atoms. The van der Waals surface area contributed by atoms with Crippen LogP contribution in [0.4, 0.5) is 11.5 Å². The van der Waals surface area contributed by atoms with E-state index in [1.54, 1.807) is 0 Å². The molecule has 1 aliphatic heterocycles. The lowest BCUT2D eigenvalue weighted by Gasteiger charge is -2.23. The molecule has 1 aromatic heterocycles. The van der Waals surface area contributed by atoms with E-state index in [4.69, 9.17) is 5.73 Å². The van der Waals surface area contributed by atoms with Crippen LogP contribution in [-0.2, 0) is 0 Å². The van der Waals surface area contributed by atoms with Gasteiger partial charge in [0.25, 0.3) is 0 Å². The minimum absolute atomic E-state index is 0.0879. The fourth-order valence-electron chi connectivity index (χ4n) is 3.10. The molecule has 0 fully saturated rings. The average molecular weight is 380 g/mol. The first-order valence-electron chi connectivity index (χ1n) is 9.43. The van der Waals surface area contributed by atoms with Crippen molar-refractivity contribution in [1.82, 2.24) is 15.6 Å². The van der Waals surface area contributed by atoms with Gasteiger partial charge in [0.1, 0.15) is 17.7 Å².